The predicted octanol–water partition coefficient (Wildman–Crippen LogP) is 2.44. The molecule has 3 rings (SSSR count). The van der Waals surface area contributed by atoms with Crippen molar-refractivity contribution in [1.82, 2.24) is 14.9 Å². The molecule has 19 heavy (non-hydrogen) atoms. The first-order chi connectivity index (χ1) is 9.29. The molecule has 0 saturated carbocycles. The van der Waals surface area contributed by atoms with Crippen molar-refractivity contribution in [3.63, 3.8) is 0 Å². The third kappa shape index (κ3) is 2.49. The Bertz CT molecular complexity index is 575. The summed E-state index contributed by atoms with van der Waals surface area (Å²) in [7, 11) is 0. The number of hydrogen-bond donors (Lipinski definition) is 1. The minimum atomic E-state index is -0.225. The molecule has 0 aliphatic carbocycles. The van der Waals surface area contributed by atoms with E-state index in [9.17, 15) is 4.39 Å². The van der Waals surface area contributed by atoms with E-state index in [2.05, 4.69) is 21.8 Å². The number of benzene rings is 1. The van der Waals surface area contributed by atoms with Gasteiger partial charge >= 0.3 is 0 Å². The fourth-order valence-corrected chi connectivity index (χ4v) is 3.59. The van der Waals surface area contributed by atoms with E-state index >= 15 is 0 Å². The first-order valence-corrected chi connectivity index (χ1v) is 7.90. The van der Waals surface area contributed by atoms with E-state index in [0.717, 1.165) is 36.6 Å². The normalized spacial score (nSPS) is 20.0. The third-order valence-corrected chi connectivity index (χ3v) is 4.68. The van der Waals surface area contributed by atoms with Gasteiger partial charge in [0.15, 0.2) is 5.82 Å². The summed E-state index contributed by atoms with van der Waals surface area (Å²) in [4.78, 5) is 4.52. The van der Waals surface area contributed by atoms with Gasteiger partial charge in [0.1, 0.15) is 11.3 Å². The molecule has 5 heteroatoms. The van der Waals surface area contributed by atoms with Crippen LogP contribution < -0.4 is 5.32 Å². The highest BCUT2D eigenvalue weighted by atomic mass is 32.2. The van der Waals surface area contributed by atoms with Crippen molar-refractivity contribution < 1.29 is 4.39 Å². The van der Waals surface area contributed by atoms with Crippen molar-refractivity contribution in [1.29, 1.82) is 0 Å². The number of rotatable bonds is 3. The van der Waals surface area contributed by atoms with Crippen LogP contribution in [0.15, 0.2) is 18.2 Å². The highest BCUT2D eigenvalue weighted by molar-refractivity contribution is 7.99. The van der Waals surface area contributed by atoms with Crippen LogP contribution in [0, 0.1) is 5.82 Å². The number of aromatic nitrogens is 2. The van der Waals surface area contributed by atoms with Crippen molar-refractivity contribution in [2.24, 2.45) is 0 Å². The number of imidazole rings is 1. The lowest BCUT2D eigenvalue weighted by Gasteiger charge is -2.23. The average molecular weight is 279 g/mol. The van der Waals surface area contributed by atoms with Crippen LogP contribution in [0.3, 0.4) is 0 Å². The quantitative estimate of drug-likeness (QED) is 0.936. The fourth-order valence-electron chi connectivity index (χ4n) is 2.64. The van der Waals surface area contributed by atoms with Gasteiger partial charge in [-0.25, -0.2) is 9.37 Å². The van der Waals surface area contributed by atoms with Gasteiger partial charge in [-0.1, -0.05) is 6.07 Å². The second-order valence-corrected chi connectivity index (χ2v) is 5.96. The monoisotopic (exact) mass is 279 g/mol. The van der Waals surface area contributed by atoms with Crippen molar-refractivity contribution in [3.8, 4) is 0 Å². The Labute approximate surface area is 116 Å². The maximum atomic E-state index is 13.8. The number of halogens is 1. The molecule has 1 saturated heterocycles. The van der Waals surface area contributed by atoms with Crippen molar-refractivity contribution in [2.45, 2.75) is 25.9 Å². The van der Waals surface area contributed by atoms with E-state index < -0.39 is 0 Å². The SMILES string of the molecule is CCn1c(CC2CSCCN2)nc2c(F)cccc21. The van der Waals surface area contributed by atoms with Gasteiger partial charge in [0.25, 0.3) is 0 Å². The molecular weight excluding hydrogens is 261 g/mol. The molecule has 2 aromatic rings. The van der Waals surface area contributed by atoms with E-state index in [4.69, 9.17) is 0 Å². The smallest absolute Gasteiger partial charge is 0.151 e. The number of fused-ring (bicyclic) bond motifs is 1. The largest absolute Gasteiger partial charge is 0.328 e. The van der Waals surface area contributed by atoms with E-state index in [-0.39, 0.29) is 5.82 Å². The lowest BCUT2D eigenvalue weighted by Crippen LogP contribution is -2.39. The van der Waals surface area contributed by atoms with Crippen molar-refractivity contribution >= 4 is 22.8 Å². The Kier molecular flexibility index (Phi) is 3.75. The first kappa shape index (κ1) is 12.9. The molecule has 1 aromatic carbocycles. The van der Waals surface area contributed by atoms with Gasteiger partial charge in [0, 0.05) is 37.1 Å². The van der Waals surface area contributed by atoms with Crippen molar-refractivity contribution in [3.05, 3.63) is 29.8 Å². The first-order valence-electron chi connectivity index (χ1n) is 6.74. The molecule has 102 valence electrons. The summed E-state index contributed by atoms with van der Waals surface area (Å²) in [6.07, 6.45) is 0.870. The fraction of sp³-hybridized carbons (Fsp3) is 0.500. The van der Waals surface area contributed by atoms with Gasteiger partial charge in [-0.2, -0.15) is 11.8 Å². The number of nitrogens with zero attached hydrogens (tertiary/aromatic N) is 2. The minimum absolute atomic E-state index is 0.225. The number of thioether (sulfide) groups is 1. The lowest BCUT2D eigenvalue weighted by atomic mass is 10.2. The van der Waals surface area contributed by atoms with Gasteiger partial charge < -0.3 is 9.88 Å². The molecule has 2 heterocycles. The predicted molar refractivity (Wildman–Crippen MR) is 78.2 cm³/mol. The molecule has 0 radical (unpaired) electrons. The summed E-state index contributed by atoms with van der Waals surface area (Å²) in [6, 6.07) is 5.63. The highest BCUT2D eigenvalue weighted by Gasteiger charge is 2.18. The molecule has 0 spiro atoms. The van der Waals surface area contributed by atoms with Crippen LogP contribution >= 0.6 is 11.8 Å². The van der Waals surface area contributed by atoms with Gasteiger partial charge in [-0.15, -0.1) is 0 Å². The molecular formula is C14H18FN3S. The Morgan fingerprint density at radius 2 is 2.42 bits per heavy atom. The van der Waals surface area contributed by atoms with Crippen LogP contribution in [0.4, 0.5) is 4.39 Å². The van der Waals surface area contributed by atoms with E-state index in [1.165, 1.54) is 11.8 Å². The molecule has 3 nitrogen and oxygen atoms in total. The molecule has 0 amide bonds. The van der Waals surface area contributed by atoms with Crippen LogP contribution in [0.5, 0.6) is 0 Å². The Morgan fingerprint density at radius 3 is 3.16 bits per heavy atom. The number of aryl methyl sites for hydroxylation is 1. The molecule has 1 fully saturated rings. The summed E-state index contributed by atoms with van der Waals surface area (Å²) in [5.41, 5.74) is 1.41. The van der Waals surface area contributed by atoms with Gasteiger partial charge in [-0.05, 0) is 19.1 Å². The van der Waals surface area contributed by atoms with Gasteiger partial charge in [-0.3, -0.25) is 0 Å². The molecule has 1 aliphatic heterocycles. The zero-order valence-electron chi connectivity index (χ0n) is 11.0. The molecule has 1 aromatic heterocycles. The average Bonchev–Trinajstić information content (AvgIpc) is 2.79. The zero-order chi connectivity index (χ0) is 13.2. The van der Waals surface area contributed by atoms with Crippen LogP contribution in [-0.4, -0.2) is 33.6 Å². The van der Waals surface area contributed by atoms with E-state index in [1.807, 2.05) is 17.8 Å². The number of para-hydroxylation sites is 1. The Balaban J connectivity index is 1.95. The third-order valence-electron chi connectivity index (χ3n) is 3.55. The van der Waals surface area contributed by atoms with Crippen LogP contribution in [0.25, 0.3) is 11.0 Å². The molecule has 1 aliphatic rings. The van der Waals surface area contributed by atoms with Gasteiger partial charge in [0.2, 0.25) is 0 Å². The summed E-state index contributed by atoms with van der Waals surface area (Å²) in [5.74, 6) is 3.05. The number of hydrogen-bond acceptors (Lipinski definition) is 3. The summed E-state index contributed by atoms with van der Waals surface area (Å²) < 4.78 is 15.9. The van der Waals surface area contributed by atoms with Crippen LogP contribution in [0.2, 0.25) is 0 Å². The molecule has 1 N–H and O–H groups in total. The van der Waals surface area contributed by atoms with Crippen molar-refractivity contribution in [2.75, 3.05) is 18.1 Å². The second kappa shape index (κ2) is 5.51. The maximum Gasteiger partial charge on any atom is 0.151 e. The standard InChI is InChI=1S/C14H18FN3S/c1-2-18-12-5-3-4-11(15)14(12)17-13(18)8-10-9-19-7-6-16-10/h3-5,10,16H,2,6-9H2,1H3. The second-order valence-electron chi connectivity index (χ2n) is 4.81. The van der Waals surface area contributed by atoms with E-state index in [1.54, 1.807) is 6.07 Å². The topological polar surface area (TPSA) is 29.9 Å². The zero-order valence-corrected chi connectivity index (χ0v) is 11.8. The Morgan fingerprint density at radius 1 is 1.53 bits per heavy atom. The minimum Gasteiger partial charge on any atom is -0.328 e. The molecule has 1 atom stereocenters. The van der Waals surface area contributed by atoms with Crippen LogP contribution in [-0.2, 0) is 13.0 Å². The summed E-state index contributed by atoms with van der Waals surface area (Å²) in [5, 5.41) is 3.51. The summed E-state index contributed by atoms with van der Waals surface area (Å²) in [6.45, 7) is 3.96. The highest BCUT2D eigenvalue weighted by Crippen LogP contribution is 2.21. The maximum absolute atomic E-state index is 13.8. The Hall–Kier alpha value is -1.07. The molecule has 0 bridgehead atoms. The van der Waals surface area contributed by atoms with Gasteiger partial charge in [0.05, 0.1) is 5.52 Å². The lowest BCUT2D eigenvalue weighted by molar-refractivity contribution is 0.537. The number of nitrogens with one attached hydrogen (secondary N) is 1. The summed E-state index contributed by atoms with van der Waals surface area (Å²) >= 11 is 1.97. The van der Waals surface area contributed by atoms with E-state index in [0.29, 0.717) is 11.6 Å². The van der Waals surface area contributed by atoms with Crippen LogP contribution in [0.1, 0.15) is 12.7 Å². The molecule has 1 unspecified atom stereocenters.